The van der Waals surface area contributed by atoms with Crippen LogP contribution in [0.4, 0.5) is 34.1 Å². The van der Waals surface area contributed by atoms with Gasteiger partial charge in [-0.2, -0.15) is 0 Å². The van der Waals surface area contributed by atoms with Gasteiger partial charge in [0.1, 0.15) is 0 Å². The smallest absolute Gasteiger partial charge is 0.249 e. The van der Waals surface area contributed by atoms with Gasteiger partial charge in [-0.3, -0.25) is 0 Å². The number of rotatable bonds is 5. The minimum absolute atomic E-state index is 0.0264. The molecule has 0 aromatic heterocycles. The van der Waals surface area contributed by atoms with Gasteiger partial charge in [0.15, 0.2) is 8.07 Å². The molecule has 0 amide bonds. The van der Waals surface area contributed by atoms with Crippen LogP contribution < -0.4 is 63.3 Å². The van der Waals surface area contributed by atoms with Crippen LogP contribution in [0.25, 0.3) is 0 Å². The van der Waals surface area contributed by atoms with Crippen molar-refractivity contribution in [2.75, 3.05) is 9.80 Å². The first-order valence-electron chi connectivity index (χ1n) is 20.7. The highest BCUT2D eigenvalue weighted by atomic mass is 28.3. The summed E-state index contributed by atoms with van der Waals surface area (Å²) in [5.74, 6) is 0. The van der Waals surface area contributed by atoms with Crippen molar-refractivity contribution in [2.24, 2.45) is 0 Å². The summed E-state index contributed by atoms with van der Waals surface area (Å²) in [5.41, 5.74) is 15.4. The summed E-state index contributed by atoms with van der Waals surface area (Å²) in [5, 5.41) is 5.71. The zero-order chi connectivity index (χ0) is 38.9. The Kier molecular flexibility index (Phi) is 7.79. The second-order valence-electron chi connectivity index (χ2n) is 15.9. The lowest BCUT2D eigenvalue weighted by molar-refractivity contribution is 1.27. The normalized spacial score (nSPS) is 14.1. The van der Waals surface area contributed by atoms with Gasteiger partial charge < -0.3 is 9.80 Å². The molecule has 0 N–H and O–H groups in total. The van der Waals surface area contributed by atoms with Crippen LogP contribution in [0.2, 0.25) is 0 Å². The molecule has 0 fully saturated rings. The van der Waals surface area contributed by atoms with Gasteiger partial charge in [0.25, 0.3) is 0 Å². The van der Waals surface area contributed by atoms with Gasteiger partial charge >= 0.3 is 0 Å². The Hall–Kier alpha value is -7.07. The fraction of sp³-hybridized carbons (Fsp3) is 0. The predicted octanol–water partition coefficient (Wildman–Crippen LogP) is 5.98. The highest BCUT2D eigenvalue weighted by molar-refractivity contribution is 7.27. The number of fused-ring (bicyclic) bond motifs is 7. The van der Waals surface area contributed by atoms with E-state index in [1.807, 2.05) is 0 Å². The van der Waals surface area contributed by atoms with Crippen LogP contribution in [0.1, 0.15) is 0 Å². The Bertz CT molecular complexity index is 2980. The molecule has 3 heterocycles. The molecule has 2 nitrogen and oxygen atoms in total. The van der Waals surface area contributed by atoms with E-state index in [1.165, 1.54) is 76.3 Å². The summed E-state index contributed by atoms with van der Waals surface area (Å²) >= 11 is 0. The van der Waals surface area contributed by atoms with Crippen molar-refractivity contribution in [3.63, 3.8) is 0 Å². The molecule has 9 aromatic rings. The molecular formula is C54H38B2N2Si. The number of anilines is 6. The van der Waals surface area contributed by atoms with Crippen LogP contribution in [-0.4, -0.2) is 21.5 Å². The zero-order valence-electron chi connectivity index (χ0n) is 32.5. The van der Waals surface area contributed by atoms with Crippen molar-refractivity contribution in [1.29, 1.82) is 0 Å². The standard InChI is InChI=1S/C54H38B2N2Si/c1-6-22-39(23-7-1)55-44-32-16-19-35-47(44)57(40-24-8-2-9-25-40)49-38-51-53-54(52(49)55)58(41-26-10-3-11-27-41)48-36-20-17-33-45(48)56(53)46-34-18-21-37-50(46)59(51,42-28-12-4-13-29-42)43-30-14-5-15-31-43/h1-38H. The third-order valence-electron chi connectivity index (χ3n) is 13.0. The topological polar surface area (TPSA) is 6.48 Å². The highest BCUT2D eigenvalue weighted by Gasteiger charge is 2.55. The first-order chi connectivity index (χ1) is 29.3. The Labute approximate surface area is 347 Å². The first-order valence-corrected chi connectivity index (χ1v) is 22.7. The molecule has 5 heteroatoms. The number of hydrogen-bond acceptors (Lipinski definition) is 2. The molecular weight excluding hydrogens is 726 g/mol. The fourth-order valence-corrected chi connectivity index (χ4v) is 16.1. The van der Waals surface area contributed by atoms with E-state index in [1.54, 1.807) is 0 Å². The Morgan fingerprint density at radius 1 is 0.322 bits per heavy atom. The van der Waals surface area contributed by atoms with E-state index < -0.39 is 8.07 Å². The second kappa shape index (κ2) is 13.5. The summed E-state index contributed by atoms with van der Waals surface area (Å²) < 4.78 is 0. The van der Waals surface area contributed by atoms with Crippen molar-refractivity contribution < 1.29 is 0 Å². The molecule has 0 saturated heterocycles. The monoisotopic (exact) mass is 764 g/mol. The van der Waals surface area contributed by atoms with E-state index in [0.717, 1.165) is 11.4 Å². The summed E-state index contributed by atoms with van der Waals surface area (Å²) in [7, 11) is -3.02. The van der Waals surface area contributed by atoms with Gasteiger partial charge in [-0.1, -0.05) is 199 Å². The van der Waals surface area contributed by atoms with Crippen molar-refractivity contribution in [2.45, 2.75) is 0 Å². The number of nitrogens with zero attached hydrogens (tertiary/aromatic N) is 2. The molecule has 3 aliphatic heterocycles. The van der Waals surface area contributed by atoms with Crippen LogP contribution in [0.5, 0.6) is 0 Å². The maximum Gasteiger partial charge on any atom is 0.249 e. The van der Waals surface area contributed by atoms with E-state index in [4.69, 9.17) is 0 Å². The summed E-state index contributed by atoms with van der Waals surface area (Å²) in [6.07, 6.45) is 0. The van der Waals surface area contributed by atoms with E-state index >= 15 is 0 Å². The molecule has 0 bridgehead atoms. The summed E-state index contributed by atoms with van der Waals surface area (Å²) in [6.45, 7) is 0.00551. The average Bonchev–Trinajstić information content (AvgIpc) is 3.32. The van der Waals surface area contributed by atoms with E-state index in [0.29, 0.717) is 0 Å². The molecule has 59 heavy (non-hydrogen) atoms. The Balaban J connectivity index is 1.35. The lowest BCUT2D eigenvalue weighted by atomic mass is 9.30. The van der Waals surface area contributed by atoms with E-state index in [9.17, 15) is 0 Å². The van der Waals surface area contributed by atoms with Crippen LogP contribution in [0, 0.1) is 0 Å². The van der Waals surface area contributed by atoms with E-state index in [2.05, 4.69) is 240 Å². The Morgan fingerprint density at radius 2 is 0.763 bits per heavy atom. The van der Waals surface area contributed by atoms with Crippen molar-refractivity contribution in [3.8, 4) is 0 Å². The zero-order valence-corrected chi connectivity index (χ0v) is 33.5. The largest absolute Gasteiger partial charge is 0.312 e. The molecule has 274 valence electrons. The molecule has 12 rings (SSSR count). The maximum atomic E-state index is 2.67. The van der Waals surface area contributed by atoms with Crippen molar-refractivity contribution in [1.82, 2.24) is 0 Å². The molecule has 9 aromatic carbocycles. The van der Waals surface area contributed by atoms with Gasteiger partial charge in [0, 0.05) is 34.1 Å². The third-order valence-corrected chi connectivity index (χ3v) is 17.9. The minimum atomic E-state index is -3.02. The third kappa shape index (κ3) is 4.89. The van der Waals surface area contributed by atoms with Crippen LogP contribution in [0.3, 0.4) is 0 Å². The second-order valence-corrected chi connectivity index (χ2v) is 19.7. The first kappa shape index (κ1) is 34.0. The van der Waals surface area contributed by atoms with Gasteiger partial charge in [0.2, 0.25) is 13.4 Å². The summed E-state index contributed by atoms with van der Waals surface area (Å²) in [6, 6.07) is 86.7. The molecule has 0 aliphatic carbocycles. The highest BCUT2D eigenvalue weighted by Crippen LogP contribution is 2.42. The summed E-state index contributed by atoms with van der Waals surface area (Å²) in [4.78, 5) is 5.19. The molecule has 3 aliphatic rings. The van der Waals surface area contributed by atoms with Gasteiger partial charge in [-0.15, -0.1) is 0 Å². The molecule has 0 saturated carbocycles. The van der Waals surface area contributed by atoms with Crippen molar-refractivity contribution >= 4 is 109 Å². The predicted molar refractivity (Wildman–Crippen MR) is 255 cm³/mol. The van der Waals surface area contributed by atoms with Gasteiger partial charge in [0.05, 0.1) is 0 Å². The molecule has 0 atom stereocenters. The number of benzene rings is 9. The lowest BCUT2D eigenvalue weighted by Crippen LogP contribution is -2.88. The average molecular weight is 765 g/mol. The number of hydrogen-bond donors (Lipinski definition) is 0. The van der Waals surface area contributed by atoms with Crippen LogP contribution in [0.15, 0.2) is 231 Å². The maximum absolute atomic E-state index is 3.02. The lowest BCUT2D eigenvalue weighted by Gasteiger charge is -2.50. The van der Waals surface area contributed by atoms with Crippen molar-refractivity contribution in [3.05, 3.63) is 231 Å². The molecule has 0 radical (unpaired) electrons. The Morgan fingerprint density at radius 3 is 1.36 bits per heavy atom. The quantitative estimate of drug-likeness (QED) is 0.200. The van der Waals surface area contributed by atoms with E-state index in [-0.39, 0.29) is 13.4 Å². The molecule has 0 unspecified atom stereocenters. The minimum Gasteiger partial charge on any atom is -0.312 e. The van der Waals surface area contributed by atoms with Crippen LogP contribution in [-0.2, 0) is 0 Å². The van der Waals surface area contributed by atoms with Gasteiger partial charge in [-0.05, 0) is 85.1 Å². The SMILES string of the molecule is c1ccc(B2c3ccccc3N(c3ccccc3)c3cc4c5c(c32)N(c2ccccc2)c2ccccc2B5c2ccccc2[Si]4(c2ccccc2)c2ccccc2)cc1. The number of para-hydroxylation sites is 4. The fourth-order valence-electron chi connectivity index (χ4n) is 10.8. The molecule has 0 spiro atoms. The van der Waals surface area contributed by atoms with Crippen LogP contribution >= 0.6 is 0 Å². The van der Waals surface area contributed by atoms with Gasteiger partial charge in [-0.25, -0.2) is 0 Å².